The topological polar surface area (TPSA) is 28.7 Å². The molecule has 0 amide bonds. The van der Waals surface area contributed by atoms with Gasteiger partial charge in [0.05, 0.1) is 0 Å². The van der Waals surface area contributed by atoms with Crippen molar-refractivity contribution in [3.8, 4) is 11.4 Å². The molecule has 1 N–H and O–H groups in total. The van der Waals surface area contributed by atoms with Crippen molar-refractivity contribution in [2.75, 3.05) is 0 Å². The van der Waals surface area contributed by atoms with Crippen LogP contribution in [0.1, 0.15) is 0 Å². The minimum absolute atomic E-state index is 0.947. The number of nitrogens with zero attached hydrogens (tertiary/aromatic N) is 1. The van der Waals surface area contributed by atoms with Crippen molar-refractivity contribution in [3.05, 3.63) is 42.0 Å². The van der Waals surface area contributed by atoms with Gasteiger partial charge in [-0.15, -0.1) is 11.3 Å². The summed E-state index contributed by atoms with van der Waals surface area (Å²) < 4.78 is 1.30. The van der Waals surface area contributed by atoms with E-state index >= 15 is 0 Å². The minimum atomic E-state index is 0.947. The molecule has 0 atom stereocenters. The van der Waals surface area contributed by atoms with Crippen molar-refractivity contribution >= 4 is 21.4 Å². The first-order valence-electron chi connectivity index (χ1n) is 4.41. The molecular formula is C11H8N2S. The molecule has 1 aromatic carbocycles. The van der Waals surface area contributed by atoms with Crippen LogP contribution in [0, 0.1) is 0 Å². The molecule has 68 valence electrons. The maximum Gasteiger partial charge on any atom is 0.138 e. The summed E-state index contributed by atoms with van der Waals surface area (Å²) in [5.41, 5.74) is 1.19. The number of imidazole rings is 1. The van der Waals surface area contributed by atoms with Gasteiger partial charge in [0.15, 0.2) is 0 Å². The van der Waals surface area contributed by atoms with E-state index in [1.165, 1.54) is 15.6 Å². The summed E-state index contributed by atoms with van der Waals surface area (Å²) in [5.74, 6) is 0.947. The minimum Gasteiger partial charge on any atom is -0.345 e. The zero-order valence-corrected chi connectivity index (χ0v) is 8.21. The molecule has 0 fully saturated rings. The number of fused-ring (bicyclic) bond motifs is 1. The van der Waals surface area contributed by atoms with E-state index in [1.54, 1.807) is 17.5 Å². The summed E-state index contributed by atoms with van der Waals surface area (Å²) in [6.45, 7) is 0. The molecule has 0 saturated heterocycles. The van der Waals surface area contributed by atoms with Crippen LogP contribution in [-0.4, -0.2) is 9.97 Å². The van der Waals surface area contributed by atoms with Gasteiger partial charge in [0.1, 0.15) is 5.82 Å². The average Bonchev–Trinajstić information content (AvgIpc) is 2.85. The van der Waals surface area contributed by atoms with Gasteiger partial charge in [0.2, 0.25) is 0 Å². The fraction of sp³-hybridized carbons (Fsp3) is 0. The first-order valence-corrected chi connectivity index (χ1v) is 5.29. The van der Waals surface area contributed by atoms with E-state index in [0.29, 0.717) is 0 Å². The van der Waals surface area contributed by atoms with E-state index in [4.69, 9.17) is 0 Å². The third-order valence-corrected chi connectivity index (χ3v) is 3.20. The lowest BCUT2D eigenvalue weighted by Gasteiger charge is -1.93. The Morgan fingerprint density at radius 2 is 2.14 bits per heavy atom. The second kappa shape index (κ2) is 2.96. The SMILES string of the molecule is c1ccc2c(-c3ncc[nH]3)csc2c1. The zero-order valence-electron chi connectivity index (χ0n) is 7.40. The number of rotatable bonds is 1. The Morgan fingerprint density at radius 1 is 1.21 bits per heavy atom. The molecule has 3 heteroatoms. The van der Waals surface area contributed by atoms with Crippen LogP contribution in [0.3, 0.4) is 0 Å². The van der Waals surface area contributed by atoms with Crippen LogP contribution in [-0.2, 0) is 0 Å². The summed E-state index contributed by atoms with van der Waals surface area (Å²) in [6, 6.07) is 8.38. The maximum atomic E-state index is 4.26. The monoisotopic (exact) mass is 200 g/mol. The Bertz CT molecular complexity index is 551. The van der Waals surface area contributed by atoms with E-state index in [1.807, 2.05) is 6.20 Å². The largest absolute Gasteiger partial charge is 0.345 e. The smallest absolute Gasteiger partial charge is 0.138 e. The lowest BCUT2D eigenvalue weighted by atomic mass is 10.2. The molecule has 2 aromatic heterocycles. The zero-order chi connectivity index (χ0) is 9.38. The number of thiophene rings is 1. The second-order valence-corrected chi connectivity index (χ2v) is 3.99. The van der Waals surface area contributed by atoms with Crippen molar-refractivity contribution < 1.29 is 0 Å². The fourth-order valence-electron chi connectivity index (χ4n) is 1.57. The van der Waals surface area contributed by atoms with Gasteiger partial charge in [-0.25, -0.2) is 4.98 Å². The molecule has 2 nitrogen and oxygen atoms in total. The van der Waals surface area contributed by atoms with Crippen molar-refractivity contribution in [2.45, 2.75) is 0 Å². The summed E-state index contributed by atoms with van der Waals surface area (Å²) >= 11 is 1.75. The molecule has 0 radical (unpaired) electrons. The molecule has 0 spiro atoms. The van der Waals surface area contributed by atoms with E-state index in [0.717, 1.165) is 5.82 Å². The summed E-state index contributed by atoms with van der Waals surface area (Å²) in [6.07, 6.45) is 3.63. The molecule has 0 aliphatic rings. The van der Waals surface area contributed by atoms with Gasteiger partial charge in [-0.2, -0.15) is 0 Å². The number of nitrogens with one attached hydrogen (secondary N) is 1. The summed E-state index contributed by atoms with van der Waals surface area (Å²) in [7, 11) is 0. The molecule has 0 aliphatic heterocycles. The lowest BCUT2D eigenvalue weighted by Crippen LogP contribution is -1.76. The van der Waals surface area contributed by atoms with Gasteiger partial charge in [0.25, 0.3) is 0 Å². The Balaban J connectivity index is 2.33. The number of hydrogen-bond acceptors (Lipinski definition) is 2. The van der Waals surface area contributed by atoms with Crippen LogP contribution in [0.15, 0.2) is 42.0 Å². The molecule has 2 heterocycles. The Kier molecular flexibility index (Phi) is 1.64. The first kappa shape index (κ1) is 7.76. The Labute approximate surface area is 85.2 Å². The number of benzene rings is 1. The van der Waals surface area contributed by atoms with Gasteiger partial charge >= 0.3 is 0 Å². The molecule has 0 bridgehead atoms. The molecule has 0 unspecified atom stereocenters. The standard InChI is InChI=1S/C11H8N2S/c1-2-4-10-8(3-1)9(7-14-10)11-12-5-6-13-11/h1-7H,(H,12,13). The summed E-state index contributed by atoms with van der Waals surface area (Å²) in [5, 5.41) is 3.41. The highest BCUT2D eigenvalue weighted by atomic mass is 32.1. The molecule has 3 aromatic rings. The third kappa shape index (κ3) is 1.06. The average molecular weight is 200 g/mol. The highest BCUT2D eigenvalue weighted by Crippen LogP contribution is 2.31. The molecule has 14 heavy (non-hydrogen) atoms. The molecule has 0 aliphatic carbocycles. The number of hydrogen-bond donors (Lipinski definition) is 1. The number of aromatic amines is 1. The molecule has 0 saturated carbocycles. The van der Waals surface area contributed by atoms with Gasteiger partial charge in [0, 0.05) is 33.4 Å². The van der Waals surface area contributed by atoms with Crippen LogP contribution < -0.4 is 0 Å². The number of H-pyrrole nitrogens is 1. The van der Waals surface area contributed by atoms with Crippen LogP contribution in [0.2, 0.25) is 0 Å². The highest BCUT2D eigenvalue weighted by molar-refractivity contribution is 7.17. The summed E-state index contributed by atoms with van der Waals surface area (Å²) in [4.78, 5) is 7.39. The van der Waals surface area contributed by atoms with Crippen molar-refractivity contribution in [2.24, 2.45) is 0 Å². The Morgan fingerprint density at radius 3 is 3.00 bits per heavy atom. The van der Waals surface area contributed by atoms with E-state index < -0.39 is 0 Å². The predicted molar refractivity (Wildman–Crippen MR) is 59.4 cm³/mol. The van der Waals surface area contributed by atoms with Gasteiger partial charge in [-0.3, -0.25) is 0 Å². The fourth-order valence-corrected chi connectivity index (χ4v) is 2.52. The van der Waals surface area contributed by atoms with Crippen molar-refractivity contribution in [3.63, 3.8) is 0 Å². The van der Waals surface area contributed by atoms with E-state index in [-0.39, 0.29) is 0 Å². The highest BCUT2D eigenvalue weighted by Gasteiger charge is 2.06. The van der Waals surface area contributed by atoms with Crippen LogP contribution >= 0.6 is 11.3 Å². The van der Waals surface area contributed by atoms with Gasteiger partial charge in [-0.1, -0.05) is 18.2 Å². The Hall–Kier alpha value is -1.61. The van der Waals surface area contributed by atoms with E-state index in [2.05, 4.69) is 39.6 Å². The van der Waals surface area contributed by atoms with Crippen molar-refractivity contribution in [1.82, 2.24) is 9.97 Å². The van der Waals surface area contributed by atoms with Crippen LogP contribution in [0.4, 0.5) is 0 Å². The van der Waals surface area contributed by atoms with Crippen LogP contribution in [0.5, 0.6) is 0 Å². The molecular weight excluding hydrogens is 192 g/mol. The van der Waals surface area contributed by atoms with Crippen molar-refractivity contribution in [1.29, 1.82) is 0 Å². The predicted octanol–water partition coefficient (Wildman–Crippen LogP) is 3.29. The van der Waals surface area contributed by atoms with Crippen LogP contribution in [0.25, 0.3) is 21.5 Å². The third-order valence-electron chi connectivity index (χ3n) is 2.23. The lowest BCUT2D eigenvalue weighted by molar-refractivity contribution is 1.32. The first-order chi connectivity index (χ1) is 6.95. The maximum absolute atomic E-state index is 4.26. The van der Waals surface area contributed by atoms with E-state index in [9.17, 15) is 0 Å². The van der Waals surface area contributed by atoms with Gasteiger partial charge in [-0.05, 0) is 6.07 Å². The second-order valence-electron chi connectivity index (χ2n) is 3.08. The normalized spacial score (nSPS) is 10.9. The quantitative estimate of drug-likeness (QED) is 0.641. The number of aromatic nitrogens is 2. The van der Waals surface area contributed by atoms with Gasteiger partial charge < -0.3 is 4.98 Å². The molecule has 3 rings (SSSR count).